The fourth-order valence-corrected chi connectivity index (χ4v) is 11.6. The number of ether oxygens (including phenoxy) is 2. The largest absolute Gasteiger partial charge is 0.489 e. The van der Waals surface area contributed by atoms with Gasteiger partial charge in [0.2, 0.25) is 17.7 Å². The highest BCUT2D eigenvalue weighted by atomic mass is 35.5. The van der Waals surface area contributed by atoms with Crippen LogP contribution < -0.4 is 25.6 Å². The van der Waals surface area contributed by atoms with Gasteiger partial charge in [-0.1, -0.05) is 84.3 Å². The molecule has 1 saturated carbocycles. The third-order valence-corrected chi connectivity index (χ3v) is 15.8. The van der Waals surface area contributed by atoms with Crippen molar-refractivity contribution in [1.29, 1.82) is 5.26 Å². The molecule has 4 amide bonds. The number of aliphatic hydroxyl groups excluding tert-OH is 1. The topological polar surface area (TPSA) is 189 Å². The van der Waals surface area contributed by atoms with Crippen LogP contribution in [0.25, 0.3) is 10.4 Å². The van der Waals surface area contributed by atoms with Crippen LogP contribution in [0, 0.1) is 34.5 Å². The molecule has 71 heavy (non-hydrogen) atoms. The zero-order valence-corrected chi connectivity index (χ0v) is 44.1. The van der Waals surface area contributed by atoms with Gasteiger partial charge in [-0.3, -0.25) is 24.1 Å². The summed E-state index contributed by atoms with van der Waals surface area (Å²) in [7, 11) is 0. The number of nitrogens with zero attached hydrogens (tertiary/aromatic N) is 5. The number of anilines is 1. The van der Waals surface area contributed by atoms with E-state index < -0.39 is 41.5 Å². The van der Waals surface area contributed by atoms with Gasteiger partial charge in [0.1, 0.15) is 36.1 Å². The average Bonchev–Trinajstić information content (AvgIpc) is 3.96. The molecular weight excluding hydrogens is 940 g/mol. The van der Waals surface area contributed by atoms with Gasteiger partial charge in [-0.2, -0.15) is 5.26 Å². The number of β-amino-alcohol motifs (C(OH)–C–C–N with tert-alkyl or cyclic N) is 1. The highest BCUT2D eigenvalue weighted by molar-refractivity contribution is 7.13. The fraction of sp³-hybridized carbons (Fsp3) is 0.519. The van der Waals surface area contributed by atoms with Crippen molar-refractivity contribution in [3.05, 3.63) is 99.6 Å². The molecule has 4 N–H and O–H groups in total. The van der Waals surface area contributed by atoms with Crippen molar-refractivity contribution in [2.24, 2.45) is 16.2 Å². The molecule has 0 bridgehead atoms. The number of hydrogen-bond acceptors (Lipinski definition) is 12. The Labute approximate surface area is 427 Å². The van der Waals surface area contributed by atoms with Crippen LogP contribution >= 0.6 is 22.9 Å². The van der Waals surface area contributed by atoms with E-state index in [2.05, 4.69) is 64.5 Å². The Bertz CT molecular complexity index is 2580. The molecule has 7 rings (SSSR count). The first-order valence-corrected chi connectivity index (χ1v) is 25.7. The second kappa shape index (κ2) is 21.6. The second-order valence-electron chi connectivity index (χ2n) is 21.5. The van der Waals surface area contributed by atoms with Gasteiger partial charge in [-0.15, -0.1) is 11.3 Å². The number of nitriles is 1. The quantitative estimate of drug-likeness (QED) is 0.0892. The maximum absolute atomic E-state index is 14.2. The van der Waals surface area contributed by atoms with Crippen molar-refractivity contribution < 1.29 is 33.8 Å². The zero-order valence-electron chi connectivity index (χ0n) is 42.5. The molecule has 2 aliphatic heterocycles. The number of aryl methyl sites for hydroxylation is 1. The molecule has 3 heterocycles. The number of nitrogens with one attached hydrogen (secondary N) is 3. The molecule has 1 aliphatic carbocycles. The van der Waals surface area contributed by atoms with Crippen LogP contribution in [-0.4, -0.2) is 126 Å². The molecule has 380 valence electrons. The van der Waals surface area contributed by atoms with Gasteiger partial charge in [0.15, 0.2) is 0 Å². The Balaban J connectivity index is 0.846. The third-order valence-electron chi connectivity index (χ3n) is 14.5. The lowest BCUT2D eigenvalue weighted by Crippen LogP contribution is -2.74. The number of likely N-dealkylation sites (tertiary alicyclic amines) is 1. The lowest BCUT2D eigenvalue weighted by molar-refractivity contribution is -0.164. The molecular formula is C54H69ClN8O7S. The Morgan fingerprint density at radius 2 is 1.62 bits per heavy atom. The zero-order chi connectivity index (χ0) is 51.6. The molecule has 15 nitrogen and oxygen atoms in total. The van der Waals surface area contributed by atoms with Crippen molar-refractivity contribution >= 4 is 52.3 Å². The van der Waals surface area contributed by atoms with Crippen LogP contribution in [0.4, 0.5) is 5.69 Å². The minimum Gasteiger partial charge on any atom is -0.489 e. The first-order chi connectivity index (χ1) is 33.5. The Morgan fingerprint density at radius 1 is 0.958 bits per heavy atom. The molecule has 5 atom stereocenters. The number of thiazole rings is 1. The number of aliphatic hydroxyl groups is 1. The molecule has 1 unspecified atom stereocenters. The summed E-state index contributed by atoms with van der Waals surface area (Å²) in [6.07, 6.45) is -1.84. The number of amides is 4. The molecule has 3 aromatic carbocycles. The highest BCUT2D eigenvalue weighted by Gasteiger charge is 2.64. The van der Waals surface area contributed by atoms with Gasteiger partial charge in [-0.25, -0.2) is 4.98 Å². The molecule has 1 aromatic heterocycles. The summed E-state index contributed by atoms with van der Waals surface area (Å²) >= 11 is 7.84. The Hall–Kier alpha value is -5.57. The predicted octanol–water partition coefficient (Wildman–Crippen LogP) is 7.15. The lowest BCUT2D eigenvalue weighted by Gasteiger charge is -2.63. The van der Waals surface area contributed by atoms with Gasteiger partial charge in [0, 0.05) is 79.9 Å². The van der Waals surface area contributed by atoms with Crippen molar-refractivity contribution in [1.82, 2.24) is 30.7 Å². The SMILES string of the molecule is Cc1ncsc1-c1ccc(C(C)NC(=O)[C@@H]2C[C@@H](O)CN2C(=O)[C@@H](NC(=O)[C@H](C)OCCN2CCN(c3ccc(C(=O)NC4C(C)(C)C(Oc5ccc(C#N)c(Cl)c5)C4(C)C)cc3)CC2)C(C)(C)C)cc1. The second-order valence-corrected chi connectivity index (χ2v) is 22.8. The molecule has 2 saturated heterocycles. The molecule has 0 radical (unpaired) electrons. The van der Waals surface area contributed by atoms with E-state index in [0.29, 0.717) is 35.1 Å². The summed E-state index contributed by atoms with van der Waals surface area (Å²) in [6.45, 7) is 23.4. The van der Waals surface area contributed by atoms with E-state index in [1.165, 1.54) is 4.90 Å². The van der Waals surface area contributed by atoms with Gasteiger partial charge in [0.05, 0.1) is 45.4 Å². The summed E-state index contributed by atoms with van der Waals surface area (Å²) in [6, 6.07) is 20.4. The van der Waals surface area contributed by atoms with E-state index in [-0.39, 0.29) is 53.8 Å². The van der Waals surface area contributed by atoms with Crippen LogP contribution in [0.15, 0.2) is 72.2 Å². The van der Waals surface area contributed by atoms with Gasteiger partial charge in [-0.05, 0) is 73.7 Å². The van der Waals surface area contributed by atoms with Crippen LogP contribution in [0.2, 0.25) is 5.02 Å². The molecule has 4 aromatic rings. The fourth-order valence-electron chi connectivity index (χ4n) is 10.6. The van der Waals surface area contributed by atoms with E-state index in [0.717, 1.165) is 53.6 Å². The Morgan fingerprint density at radius 3 is 2.21 bits per heavy atom. The molecule has 3 fully saturated rings. The van der Waals surface area contributed by atoms with E-state index in [1.807, 2.05) is 88.7 Å². The first-order valence-electron chi connectivity index (χ1n) is 24.5. The lowest BCUT2D eigenvalue weighted by atomic mass is 9.49. The van der Waals surface area contributed by atoms with Gasteiger partial charge in [0.25, 0.3) is 5.91 Å². The maximum atomic E-state index is 14.2. The van der Waals surface area contributed by atoms with Crippen LogP contribution in [0.5, 0.6) is 5.75 Å². The maximum Gasteiger partial charge on any atom is 0.251 e. The number of aromatic nitrogens is 1. The standard InChI is InChI=1S/C54H69ClN8O7S/c1-32(35-11-13-36(14-12-35)44-33(2)57-31-71-44)58-48(67)43-27-40(64)30-63(43)49(68)45(52(4,5)6)59-46(65)34(3)69-26-25-61-21-23-62(24-22-61)39-18-15-37(16-19-39)47(66)60-50-53(7,8)51(54(50,9)10)70-41-20-17-38(29-56)42(55)28-41/h11-20,28,31-32,34,40,43,45,50-51,64H,21-27,30H2,1-10H3,(H,58,67)(H,59,65)(H,60,66)/t32?,34-,40+,43-,45+,50?,51?/m0/s1. The number of hydrogen-bond donors (Lipinski definition) is 4. The van der Waals surface area contributed by atoms with Crippen molar-refractivity contribution in [3.63, 3.8) is 0 Å². The van der Waals surface area contributed by atoms with Crippen LogP contribution in [0.3, 0.4) is 0 Å². The van der Waals surface area contributed by atoms with E-state index in [4.69, 9.17) is 21.1 Å². The van der Waals surface area contributed by atoms with E-state index in [1.54, 1.807) is 36.5 Å². The first kappa shape index (κ1) is 53.2. The highest BCUT2D eigenvalue weighted by Crippen LogP contribution is 2.55. The number of halogens is 1. The number of piperazine rings is 1. The van der Waals surface area contributed by atoms with E-state index >= 15 is 0 Å². The summed E-state index contributed by atoms with van der Waals surface area (Å²) in [5.74, 6) is -0.804. The Kier molecular flexibility index (Phi) is 16.2. The monoisotopic (exact) mass is 1010 g/mol. The summed E-state index contributed by atoms with van der Waals surface area (Å²) in [4.78, 5) is 66.5. The van der Waals surface area contributed by atoms with Gasteiger partial charge < -0.3 is 40.3 Å². The normalized spacial score (nSPS) is 22.1. The number of rotatable bonds is 16. The number of carbonyl (C=O) groups excluding carboxylic acids is 4. The summed E-state index contributed by atoms with van der Waals surface area (Å²) in [5.41, 5.74) is 5.24. The van der Waals surface area contributed by atoms with Crippen LogP contribution in [-0.2, 0) is 19.1 Å². The molecule has 3 aliphatic rings. The summed E-state index contributed by atoms with van der Waals surface area (Å²) in [5, 5.41) is 29.5. The van der Waals surface area contributed by atoms with E-state index in [9.17, 15) is 29.5 Å². The minimum atomic E-state index is -0.976. The smallest absolute Gasteiger partial charge is 0.251 e. The van der Waals surface area contributed by atoms with Crippen LogP contribution in [0.1, 0.15) is 102 Å². The minimum absolute atomic E-state index is 0.0195. The van der Waals surface area contributed by atoms with Crippen molar-refractivity contribution in [3.8, 4) is 22.3 Å². The summed E-state index contributed by atoms with van der Waals surface area (Å²) < 4.78 is 12.4. The van der Waals surface area contributed by atoms with Crippen molar-refractivity contribution in [2.75, 3.05) is 50.8 Å². The van der Waals surface area contributed by atoms with Crippen molar-refractivity contribution in [2.45, 2.75) is 118 Å². The van der Waals surface area contributed by atoms with Gasteiger partial charge >= 0.3 is 0 Å². The molecule has 17 heteroatoms. The molecule has 0 spiro atoms. The number of carbonyl (C=O) groups is 4. The number of benzene rings is 3. The third kappa shape index (κ3) is 11.9. The predicted molar refractivity (Wildman–Crippen MR) is 276 cm³/mol. The average molecular weight is 1010 g/mol.